The molecule has 0 aliphatic carbocycles. The van der Waals surface area contributed by atoms with Crippen molar-refractivity contribution in [1.29, 1.82) is 0 Å². The zero-order valence-electron chi connectivity index (χ0n) is 10.8. The second kappa shape index (κ2) is 5.38. The number of halogens is 1. The number of fused-ring (bicyclic) bond motifs is 1. The predicted octanol–water partition coefficient (Wildman–Crippen LogP) is 2.97. The van der Waals surface area contributed by atoms with Gasteiger partial charge >= 0.3 is 0 Å². The van der Waals surface area contributed by atoms with Crippen molar-refractivity contribution in [2.45, 2.75) is 6.61 Å². The lowest BCUT2D eigenvalue weighted by atomic mass is 10.3. The highest BCUT2D eigenvalue weighted by atomic mass is 35.5. The Hall–Kier alpha value is -2.27. The molecule has 0 bridgehead atoms. The van der Waals surface area contributed by atoms with Gasteiger partial charge < -0.3 is 9.47 Å². The average Bonchev–Trinajstić information content (AvgIpc) is 2.90. The highest BCUT2D eigenvalue weighted by Gasteiger charge is 2.07. The van der Waals surface area contributed by atoms with Gasteiger partial charge in [-0.15, -0.1) is 5.10 Å². The number of hydrogen-bond donors (Lipinski definition) is 0. The Morgan fingerprint density at radius 3 is 2.85 bits per heavy atom. The number of methoxy groups -OCH3 is 1. The molecule has 0 N–H and O–H groups in total. The number of benzene rings is 1. The van der Waals surface area contributed by atoms with Crippen molar-refractivity contribution in [2.75, 3.05) is 7.11 Å². The summed E-state index contributed by atoms with van der Waals surface area (Å²) in [5.41, 5.74) is 0.624. The Morgan fingerprint density at radius 1 is 1.20 bits per heavy atom. The Balaban J connectivity index is 1.78. The van der Waals surface area contributed by atoms with Gasteiger partial charge in [-0.2, -0.15) is 0 Å². The van der Waals surface area contributed by atoms with E-state index in [1.165, 1.54) is 0 Å². The Bertz CT molecular complexity index is 742. The van der Waals surface area contributed by atoms with Crippen LogP contribution in [0.4, 0.5) is 0 Å². The lowest BCUT2D eigenvalue weighted by Crippen LogP contribution is -1.98. The van der Waals surface area contributed by atoms with Gasteiger partial charge in [0.25, 0.3) is 0 Å². The van der Waals surface area contributed by atoms with Gasteiger partial charge in [0.05, 0.1) is 12.1 Å². The topological polar surface area (TPSA) is 48.7 Å². The van der Waals surface area contributed by atoms with E-state index in [0.717, 1.165) is 5.75 Å². The minimum atomic E-state index is 0.269. The first-order valence-corrected chi connectivity index (χ1v) is 6.41. The van der Waals surface area contributed by atoms with E-state index in [9.17, 15) is 0 Å². The van der Waals surface area contributed by atoms with E-state index in [1.807, 2.05) is 30.3 Å². The molecule has 0 saturated heterocycles. The van der Waals surface area contributed by atoms with Crippen LogP contribution in [0.25, 0.3) is 5.65 Å². The van der Waals surface area contributed by atoms with Crippen LogP contribution in [0.1, 0.15) is 5.82 Å². The highest BCUT2D eigenvalue weighted by Crippen LogP contribution is 2.20. The molecule has 0 unspecified atom stereocenters. The third-order valence-electron chi connectivity index (χ3n) is 2.77. The van der Waals surface area contributed by atoms with Crippen molar-refractivity contribution in [3.63, 3.8) is 0 Å². The minimum Gasteiger partial charge on any atom is -0.497 e. The molecule has 0 radical (unpaired) electrons. The first kappa shape index (κ1) is 12.7. The van der Waals surface area contributed by atoms with Crippen LogP contribution in [0.5, 0.6) is 11.5 Å². The molecule has 0 fully saturated rings. The molecule has 0 spiro atoms. The van der Waals surface area contributed by atoms with Crippen molar-refractivity contribution in [3.8, 4) is 11.5 Å². The van der Waals surface area contributed by atoms with Gasteiger partial charge in [0, 0.05) is 12.3 Å². The largest absolute Gasteiger partial charge is 0.497 e. The molecule has 0 amide bonds. The van der Waals surface area contributed by atoms with Crippen molar-refractivity contribution >= 4 is 17.2 Å². The molecule has 5 nitrogen and oxygen atoms in total. The average molecular weight is 290 g/mol. The van der Waals surface area contributed by atoms with E-state index in [-0.39, 0.29) is 6.61 Å². The molecule has 2 heterocycles. The zero-order valence-corrected chi connectivity index (χ0v) is 11.5. The fourth-order valence-electron chi connectivity index (χ4n) is 1.82. The number of nitrogens with zero attached hydrogens (tertiary/aromatic N) is 3. The Labute approximate surface area is 120 Å². The molecule has 2 aromatic heterocycles. The summed E-state index contributed by atoms with van der Waals surface area (Å²) in [6.07, 6.45) is 1.79. The summed E-state index contributed by atoms with van der Waals surface area (Å²) in [6, 6.07) is 11.0. The maximum atomic E-state index is 6.05. The summed E-state index contributed by atoms with van der Waals surface area (Å²) >= 11 is 6.05. The lowest BCUT2D eigenvalue weighted by molar-refractivity contribution is 0.294. The molecule has 6 heteroatoms. The molecule has 20 heavy (non-hydrogen) atoms. The summed E-state index contributed by atoms with van der Waals surface area (Å²) in [5.74, 6) is 2.02. The second-order valence-corrected chi connectivity index (χ2v) is 4.53. The summed E-state index contributed by atoms with van der Waals surface area (Å²) in [7, 11) is 1.62. The van der Waals surface area contributed by atoms with E-state index in [1.54, 1.807) is 23.9 Å². The Kier molecular flexibility index (Phi) is 3.43. The standard InChI is InChI=1S/C14H12ClN3O2/c1-19-10-4-2-5-11(8-10)20-9-13-16-14-12(15)6-3-7-18(14)17-13/h2-8H,9H2,1H3. The van der Waals surface area contributed by atoms with E-state index < -0.39 is 0 Å². The molecule has 1 aromatic carbocycles. The van der Waals surface area contributed by atoms with Gasteiger partial charge in [0.1, 0.15) is 18.1 Å². The normalized spacial score (nSPS) is 10.7. The molecule has 0 aliphatic heterocycles. The fraction of sp³-hybridized carbons (Fsp3) is 0.143. The third kappa shape index (κ3) is 2.53. The van der Waals surface area contributed by atoms with Crippen LogP contribution in [0, 0.1) is 0 Å². The van der Waals surface area contributed by atoms with Crippen molar-refractivity contribution in [1.82, 2.24) is 14.6 Å². The molecule has 0 aliphatic rings. The number of rotatable bonds is 4. The van der Waals surface area contributed by atoms with Gasteiger partial charge in [-0.05, 0) is 24.3 Å². The van der Waals surface area contributed by atoms with Crippen LogP contribution >= 0.6 is 11.6 Å². The molecule has 3 rings (SSSR count). The van der Waals surface area contributed by atoms with Gasteiger partial charge in [-0.25, -0.2) is 9.50 Å². The Morgan fingerprint density at radius 2 is 2.05 bits per heavy atom. The second-order valence-electron chi connectivity index (χ2n) is 4.12. The van der Waals surface area contributed by atoms with E-state index in [4.69, 9.17) is 21.1 Å². The SMILES string of the molecule is COc1cccc(OCc2nc3c(Cl)cccn3n2)c1. The van der Waals surface area contributed by atoms with Crippen LogP contribution in [0.3, 0.4) is 0 Å². The summed E-state index contributed by atoms with van der Waals surface area (Å²) in [5, 5.41) is 4.86. The third-order valence-corrected chi connectivity index (χ3v) is 3.06. The maximum Gasteiger partial charge on any atom is 0.189 e. The zero-order chi connectivity index (χ0) is 13.9. The molecular weight excluding hydrogens is 278 g/mol. The van der Waals surface area contributed by atoms with Gasteiger partial charge in [-0.3, -0.25) is 0 Å². The number of ether oxygens (including phenoxy) is 2. The number of aromatic nitrogens is 3. The first-order chi connectivity index (χ1) is 9.76. The van der Waals surface area contributed by atoms with Crippen LogP contribution in [0.15, 0.2) is 42.6 Å². The lowest BCUT2D eigenvalue weighted by Gasteiger charge is -2.05. The smallest absolute Gasteiger partial charge is 0.189 e. The van der Waals surface area contributed by atoms with Crippen LogP contribution < -0.4 is 9.47 Å². The molecule has 0 atom stereocenters. The highest BCUT2D eigenvalue weighted by molar-refractivity contribution is 6.33. The van der Waals surface area contributed by atoms with Gasteiger partial charge in [0.15, 0.2) is 11.5 Å². The van der Waals surface area contributed by atoms with Crippen LogP contribution in [0.2, 0.25) is 5.02 Å². The number of pyridine rings is 1. The van der Waals surface area contributed by atoms with Crippen molar-refractivity contribution in [2.24, 2.45) is 0 Å². The van der Waals surface area contributed by atoms with Crippen molar-refractivity contribution in [3.05, 3.63) is 53.4 Å². The molecular formula is C14H12ClN3O2. The van der Waals surface area contributed by atoms with Gasteiger partial charge in [0.2, 0.25) is 0 Å². The number of hydrogen-bond acceptors (Lipinski definition) is 4. The van der Waals surface area contributed by atoms with Crippen LogP contribution in [-0.2, 0) is 6.61 Å². The quantitative estimate of drug-likeness (QED) is 0.741. The molecule has 102 valence electrons. The molecule has 0 saturated carbocycles. The van der Waals surface area contributed by atoms with E-state index >= 15 is 0 Å². The summed E-state index contributed by atoms with van der Waals surface area (Å²) < 4.78 is 12.4. The summed E-state index contributed by atoms with van der Waals surface area (Å²) in [4.78, 5) is 4.33. The monoisotopic (exact) mass is 289 g/mol. The summed E-state index contributed by atoms with van der Waals surface area (Å²) in [6.45, 7) is 0.269. The van der Waals surface area contributed by atoms with E-state index in [2.05, 4.69) is 10.1 Å². The maximum absolute atomic E-state index is 6.05. The van der Waals surface area contributed by atoms with Crippen LogP contribution in [-0.4, -0.2) is 21.7 Å². The molecule has 3 aromatic rings. The first-order valence-electron chi connectivity index (χ1n) is 6.03. The predicted molar refractivity (Wildman–Crippen MR) is 75.3 cm³/mol. The van der Waals surface area contributed by atoms with Crippen molar-refractivity contribution < 1.29 is 9.47 Å². The van der Waals surface area contributed by atoms with Gasteiger partial charge in [-0.1, -0.05) is 17.7 Å². The van der Waals surface area contributed by atoms with E-state index in [0.29, 0.717) is 22.2 Å². The fourth-order valence-corrected chi connectivity index (χ4v) is 2.02. The minimum absolute atomic E-state index is 0.269.